The summed E-state index contributed by atoms with van der Waals surface area (Å²) in [7, 11) is 0. The topological polar surface area (TPSA) is 28.0 Å². The third-order valence-electron chi connectivity index (χ3n) is 5.66. The van der Waals surface area contributed by atoms with Gasteiger partial charge in [0.25, 0.3) is 0 Å². The summed E-state index contributed by atoms with van der Waals surface area (Å²) in [5, 5.41) is 11.3. The number of allylic oxidation sites excluding steroid dienone is 2. The van der Waals surface area contributed by atoms with E-state index < -0.39 is 0 Å². The molecule has 1 aromatic carbocycles. The second-order valence-corrected chi connectivity index (χ2v) is 6.33. The lowest BCUT2D eigenvalue weighted by molar-refractivity contribution is 0.238. The number of para-hydroxylation sites is 1. The maximum absolute atomic E-state index is 4.62. The smallest absolute Gasteiger partial charge is 0.0990 e. The highest BCUT2D eigenvalue weighted by Crippen LogP contribution is 2.60. The molecule has 0 aromatic heterocycles. The number of nitrogens with zero attached hydrogens (tertiary/aromatic N) is 3. The van der Waals surface area contributed by atoms with Crippen molar-refractivity contribution in [2.75, 3.05) is 5.01 Å². The molecular formula is C16H17N3. The van der Waals surface area contributed by atoms with Crippen LogP contribution in [0, 0.1) is 23.7 Å². The van der Waals surface area contributed by atoms with Gasteiger partial charge in [0.15, 0.2) is 0 Å². The van der Waals surface area contributed by atoms with E-state index in [0.29, 0.717) is 12.1 Å². The minimum atomic E-state index is 0.439. The Balaban J connectivity index is 1.53. The molecular weight excluding hydrogens is 234 g/mol. The minimum Gasteiger partial charge on any atom is -0.242 e. The number of hydrogen-bond donors (Lipinski definition) is 0. The number of anilines is 1. The van der Waals surface area contributed by atoms with Gasteiger partial charge in [0.1, 0.15) is 0 Å². The van der Waals surface area contributed by atoms with Crippen LogP contribution >= 0.6 is 0 Å². The molecule has 0 unspecified atom stereocenters. The molecule has 1 aromatic rings. The van der Waals surface area contributed by atoms with Crippen LogP contribution in [0.5, 0.6) is 0 Å². The van der Waals surface area contributed by atoms with E-state index in [4.69, 9.17) is 0 Å². The second kappa shape index (κ2) is 3.47. The average molecular weight is 251 g/mol. The van der Waals surface area contributed by atoms with Crippen LogP contribution < -0.4 is 5.01 Å². The third-order valence-corrected chi connectivity index (χ3v) is 5.66. The van der Waals surface area contributed by atoms with Gasteiger partial charge in [-0.2, -0.15) is 5.11 Å². The van der Waals surface area contributed by atoms with Crippen LogP contribution in [0.4, 0.5) is 5.69 Å². The molecule has 6 atom stereocenters. The van der Waals surface area contributed by atoms with Crippen LogP contribution in [0.3, 0.4) is 0 Å². The van der Waals surface area contributed by atoms with Crippen LogP contribution in [0.15, 0.2) is 52.8 Å². The van der Waals surface area contributed by atoms with Gasteiger partial charge in [-0.1, -0.05) is 35.6 Å². The molecule has 3 nitrogen and oxygen atoms in total. The molecule has 19 heavy (non-hydrogen) atoms. The van der Waals surface area contributed by atoms with Gasteiger partial charge in [-0.25, -0.2) is 5.01 Å². The molecule has 0 saturated heterocycles. The molecule has 2 bridgehead atoms. The van der Waals surface area contributed by atoms with Crippen molar-refractivity contribution >= 4 is 5.69 Å². The summed E-state index contributed by atoms with van der Waals surface area (Å²) in [4.78, 5) is 0. The first-order chi connectivity index (χ1) is 9.43. The molecule has 3 heteroatoms. The predicted molar refractivity (Wildman–Crippen MR) is 73.7 cm³/mol. The fourth-order valence-corrected chi connectivity index (χ4v) is 4.99. The Kier molecular flexibility index (Phi) is 1.86. The third kappa shape index (κ3) is 1.18. The molecule has 2 fully saturated rings. The number of fused-ring (bicyclic) bond motifs is 8. The summed E-state index contributed by atoms with van der Waals surface area (Å²) < 4.78 is 0. The van der Waals surface area contributed by atoms with Crippen molar-refractivity contribution in [2.45, 2.75) is 24.9 Å². The Morgan fingerprint density at radius 1 is 1.05 bits per heavy atom. The van der Waals surface area contributed by atoms with Gasteiger partial charge in [0.2, 0.25) is 0 Å². The van der Waals surface area contributed by atoms with Crippen molar-refractivity contribution in [3.63, 3.8) is 0 Å². The molecule has 1 heterocycles. The highest BCUT2D eigenvalue weighted by molar-refractivity contribution is 5.48. The molecule has 0 radical (unpaired) electrons. The zero-order chi connectivity index (χ0) is 12.4. The molecule has 0 amide bonds. The Bertz CT molecular complexity index is 565. The highest BCUT2D eigenvalue weighted by atomic mass is 15.6. The van der Waals surface area contributed by atoms with Gasteiger partial charge >= 0.3 is 0 Å². The molecule has 96 valence electrons. The SMILES string of the molecule is C1=C[C@H]2[C@H](C1)[C@H]1C[C@@H]2[C@@H]2N=NN(c3ccccc3)[C@@H]12. The maximum Gasteiger partial charge on any atom is 0.0990 e. The van der Waals surface area contributed by atoms with E-state index in [1.807, 2.05) is 0 Å². The lowest BCUT2D eigenvalue weighted by Gasteiger charge is -2.35. The highest BCUT2D eigenvalue weighted by Gasteiger charge is 2.61. The monoisotopic (exact) mass is 251 g/mol. The molecule has 0 spiro atoms. The Morgan fingerprint density at radius 2 is 1.95 bits per heavy atom. The normalized spacial score (nSPS) is 44.9. The summed E-state index contributed by atoms with van der Waals surface area (Å²) in [5.74, 6) is 3.18. The van der Waals surface area contributed by atoms with E-state index >= 15 is 0 Å². The van der Waals surface area contributed by atoms with Gasteiger partial charge in [0.05, 0.1) is 17.8 Å². The first-order valence-corrected chi connectivity index (χ1v) is 7.35. The van der Waals surface area contributed by atoms with Crippen LogP contribution in [0.1, 0.15) is 12.8 Å². The quantitative estimate of drug-likeness (QED) is 0.702. The van der Waals surface area contributed by atoms with E-state index in [0.717, 1.165) is 23.7 Å². The largest absolute Gasteiger partial charge is 0.242 e. The first kappa shape index (κ1) is 10.2. The number of benzene rings is 1. The second-order valence-electron chi connectivity index (χ2n) is 6.33. The van der Waals surface area contributed by atoms with Crippen LogP contribution in [-0.2, 0) is 0 Å². The van der Waals surface area contributed by atoms with E-state index in [2.05, 4.69) is 57.8 Å². The maximum atomic E-state index is 4.62. The van der Waals surface area contributed by atoms with E-state index in [1.165, 1.54) is 18.5 Å². The fraction of sp³-hybridized carbons (Fsp3) is 0.500. The van der Waals surface area contributed by atoms with Gasteiger partial charge in [-0.15, -0.1) is 0 Å². The Hall–Kier alpha value is -1.64. The van der Waals surface area contributed by atoms with Gasteiger partial charge in [-0.05, 0) is 48.6 Å². The molecule has 0 N–H and O–H groups in total. The first-order valence-electron chi connectivity index (χ1n) is 7.35. The lowest BCUT2D eigenvalue weighted by atomic mass is 9.76. The summed E-state index contributed by atoms with van der Waals surface area (Å²) in [6, 6.07) is 11.5. The Labute approximate surface area is 113 Å². The average Bonchev–Trinajstić information content (AvgIpc) is 3.17. The molecule has 1 aliphatic heterocycles. The van der Waals surface area contributed by atoms with Gasteiger partial charge < -0.3 is 0 Å². The molecule has 4 aliphatic rings. The summed E-state index contributed by atoms with van der Waals surface area (Å²) in [6.07, 6.45) is 7.47. The van der Waals surface area contributed by atoms with E-state index in [-0.39, 0.29) is 0 Å². The van der Waals surface area contributed by atoms with Gasteiger partial charge in [-0.3, -0.25) is 0 Å². The summed E-state index contributed by atoms with van der Waals surface area (Å²) in [6.45, 7) is 0. The van der Waals surface area contributed by atoms with Crippen molar-refractivity contribution in [1.82, 2.24) is 0 Å². The van der Waals surface area contributed by atoms with Crippen molar-refractivity contribution < 1.29 is 0 Å². The molecule has 2 saturated carbocycles. The number of hydrogen-bond acceptors (Lipinski definition) is 3. The standard InChI is InChI=1S/C16H17N3/c1-2-5-10(6-3-1)19-16-14-9-13(15(16)17-18-19)11-7-4-8-12(11)14/h1-7,11-16H,8-9H2/t11-,12-,13-,14+,15-,16-/m0/s1. The van der Waals surface area contributed by atoms with Crippen molar-refractivity contribution in [2.24, 2.45) is 34.0 Å². The fourth-order valence-electron chi connectivity index (χ4n) is 4.99. The summed E-state index contributed by atoms with van der Waals surface area (Å²) >= 11 is 0. The predicted octanol–water partition coefficient (Wildman–Crippen LogP) is 3.45. The molecule has 5 rings (SSSR count). The van der Waals surface area contributed by atoms with Crippen molar-refractivity contribution in [3.05, 3.63) is 42.5 Å². The van der Waals surface area contributed by atoms with Crippen molar-refractivity contribution in [3.8, 4) is 0 Å². The number of rotatable bonds is 1. The van der Waals surface area contributed by atoms with E-state index in [1.54, 1.807) is 0 Å². The Morgan fingerprint density at radius 3 is 2.84 bits per heavy atom. The van der Waals surface area contributed by atoms with Gasteiger partial charge in [0, 0.05) is 0 Å². The lowest BCUT2D eigenvalue weighted by Crippen LogP contribution is -2.44. The molecule has 3 aliphatic carbocycles. The zero-order valence-corrected chi connectivity index (χ0v) is 10.8. The van der Waals surface area contributed by atoms with Crippen LogP contribution in [0.25, 0.3) is 0 Å². The van der Waals surface area contributed by atoms with E-state index in [9.17, 15) is 0 Å². The minimum absolute atomic E-state index is 0.439. The van der Waals surface area contributed by atoms with Crippen molar-refractivity contribution in [1.29, 1.82) is 0 Å². The van der Waals surface area contributed by atoms with Crippen LogP contribution in [0.2, 0.25) is 0 Å². The van der Waals surface area contributed by atoms with Crippen LogP contribution in [-0.4, -0.2) is 12.1 Å². The zero-order valence-electron chi connectivity index (χ0n) is 10.8. The summed E-state index contributed by atoms with van der Waals surface area (Å²) in [5.41, 5.74) is 1.20.